The summed E-state index contributed by atoms with van der Waals surface area (Å²) in [6.07, 6.45) is 3.54. The monoisotopic (exact) mass is 419 g/mol. The van der Waals surface area contributed by atoms with Gasteiger partial charge in [0.1, 0.15) is 17.6 Å². The third kappa shape index (κ3) is 4.18. The highest BCUT2D eigenvalue weighted by Gasteiger charge is 2.24. The molecule has 0 aliphatic rings. The van der Waals surface area contributed by atoms with Gasteiger partial charge in [-0.05, 0) is 6.07 Å². The lowest BCUT2D eigenvalue weighted by Crippen LogP contribution is -2.34. The molecule has 2 aromatic carbocycles. The van der Waals surface area contributed by atoms with E-state index in [0.717, 1.165) is 16.8 Å². The summed E-state index contributed by atoms with van der Waals surface area (Å²) in [5.41, 5.74) is 2.64. The zero-order valence-corrected chi connectivity index (χ0v) is 17.4. The van der Waals surface area contributed by atoms with E-state index in [4.69, 9.17) is 4.74 Å². The second-order valence-electron chi connectivity index (χ2n) is 6.57. The Balaban J connectivity index is 1.56. The lowest BCUT2D eigenvalue weighted by molar-refractivity contribution is 0.249. The van der Waals surface area contributed by atoms with Crippen molar-refractivity contribution < 1.29 is 9.53 Å². The van der Waals surface area contributed by atoms with E-state index < -0.39 is 6.04 Å². The van der Waals surface area contributed by atoms with Crippen molar-refractivity contribution in [1.29, 1.82) is 0 Å². The number of nitrogens with one attached hydrogen (secondary N) is 2. The van der Waals surface area contributed by atoms with Crippen LogP contribution in [-0.2, 0) is 7.05 Å². The molecule has 2 aromatic heterocycles. The summed E-state index contributed by atoms with van der Waals surface area (Å²) in [7, 11) is 3.49. The molecule has 0 saturated carbocycles. The van der Waals surface area contributed by atoms with E-state index in [1.165, 1.54) is 11.3 Å². The normalized spacial score (nSPS) is 11.7. The number of hydrogen-bond donors (Lipinski definition) is 2. The minimum absolute atomic E-state index is 0.372. The molecule has 2 heterocycles. The lowest BCUT2D eigenvalue weighted by Gasteiger charge is -2.21. The van der Waals surface area contributed by atoms with Gasteiger partial charge in [-0.3, -0.25) is 5.32 Å². The fraction of sp³-hybridized carbons (Fsp3) is 0.136. The van der Waals surface area contributed by atoms with Crippen molar-refractivity contribution in [1.82, 2.24) is 19.9 Å². The van der Waals surface area contributed by atoms with Crippen LogP contribution in [0.5, 0.6) is 5.75 Å². The van der Waals surface area contributed by atoms with Crippen molar-refractivity contribution in [2.24, 2.45) is 7.05 Å². The SMILES string of the molecule is COc1ccccc1C(NC(=O)Nc1nc(-c2ccccc2)cs1)c1nccn1C. The Morgan fingerprint density at radius 1 is 1.13 bits per heavy atom. The van der Waals surface area contributed by atoms with E-state index in [0.29, 0.717) is 16.7 Å². The van der Waals surface area contributed by atoms with E-state index in [9.17, 15) is 4.79 Å². The third-order valence-corrected chi connectivity index (χ3v) is 5.39. The van der Waals surface area contributed by atoms with Gasteiger partial charge in [-0.1, -0.05) is 48.5 Å². The number of hydrogen-bond acceptors (Lipinski definition) is 5. The maximum absolute atomic E-state index is 12.8. The van der Waals surface area contributed by atoms with Gasteiger partial charge in [-0.2, -0.15) is 0 Å². The van der Waals surface area contributed by atoms with Crippen molar-refractivity contribution in [2.45, 2.75) is 6.04 Å². The van der Waals surface area contributed by atoms with Crippen LogP contribution in [-0.4, -0.2) is 27.7 Å². The molecule has 4 rings (SSSR count). The number of methoxy groups -OCH3 is 1. The predicted molar refractivity (Wildman–Crippen MR) is 118 cm³/mol. The number of amides is 2. The molecular weight excluding hydrogens is 398 g/mol. The van der Waals surface area contributed by atoms with Crippen LogP contribution in [0, 0.1) is 0 Å². The fourth-order valence-corrected chi connectivity index (χ4v) is 3.89. The van der Waals surface area contributed by atoms with Crippen molar-refractivity contribution in [2.75, 3.05) is 12.4 Å². The first-order valence-corrected chi connectivity index (χ1v) is 10.2. The molecule has 1 unspecified atom stereocenters. The Hall–Kier alpha value is -3.65. The number of imidazole rings is 1. The van der Waals surface area contributed by atoms with E-state index in [-0.39, 0.29) is 6.03 Å². The van der Waals surface area contributed by atoms with Crippen molar-refractivity contribution in [3.8, 4) is 17.0 Å². The van der Waals surface area contributed by atoms with Crippen molar-refractivity contribution >= 4 is 22.5 Å². The molecule has 7 nitrogen and oxygen atoms in total. The highest BCUT2D eigenvalue weighted by atomic mass is 32.1. The fourth-order valence-electron chi connectivity index (χ4n) is 3.18. The Morgan fingerprint density at radius 3 is 2.63 bits per heavy atom. The van der Waals surface area contributed by atoms with E-state index in [1.807, 2.05) is 77.8 Å². The maximum atomic E-state index is 12.8. The number of carbonyl (C=O) groups is 1. The quantitative estimate of drug-likeness (QED) is 0.483. The Bertz CT molecular complexity index is 1140. The van der Waals surface area contributed by atoms with Crippen LogP contribution in [0.1, 0.15) is 17.4 Å². The van der Waals surface area contributed by atoms with Crippen LogP contribution in [0.2, 0.25) is 0 Å². The average Bonchev–Trinajstić information content (AvgIpc) is 3.41. The molecule has 2 N–H and O–H groups in total. The molecule has 0 spiro atoms. The molecule has 0 radical (unpaired) electrons. The zero-order chi connectivity index (χ0) is 20.9. The molecule has 0 aliphatic heterocycles. The van der Waals surface area contributed by atoms with E-state index >= 15 is 0 Å². The molecule has 0 bridgehead atoms. The molecule has 30 heavy (non-hydrogen) atoms. The van der Waals surface area contributed by atoms with E-state index in [2.05, 4.69) is 20.6 Å². The number of urea groups is 1. The summed E-state index contributed by atoms with van der Waals surface area (Å²) in [5.74, 6) is 1.37. The molecule has 0 saturated heterocycles. The minimum atomic E-state index is -0.491. The van der Waals surface area contributed by atoms with Gasteiger partial charge in [0.2, 0.25) is 0 Å². The number of ether oxygens (including phenoxy) is 1. The van der Waals surface area contributed by atoms with Crippen LogP contribution in [0.3, 0.4) is 0 Å². The van der Waals surface area contributed by atoms with Crippen LogP contribution in [0.4, 0.5) is 9.93 Å². The zero-order valence-electron chi connectivity index (χ0n) is 16.6. The van der Waals surface area contributed by atoms with Gasteiger partial charge in [0.15, 0.2) is 5.13 Å². The summed E-state index contributed by atoms with van der Waals surface area (Å²) >= 11 is 1.38. The number of benzene rings is 2. The number of carbonyl (C=O) groups excluding carboxylic acids is 1. The van der Waals surface area contributed by atoms with Crippen LogP contribution in [0.15, 0.2) is 72.4 Å². The van der Waals surface area contributed by atoms with Crippen LogP contribution >= 0.6 is 11.3 Å². The van der Waals surface area contributed by atoms with E-state index in [1.54, 1.807) is 13.3 Å². The third-order valence-electron chi connectivity index (χ3n) is 4.64. The number of aryl methyl sites for hydroxylation is 1. The maximum Gasteiger partial charge on any atom is 0.321 e. The first kappa shape index (κ1) is 19.7. The lowest BCUT2D eigenvalue weighted by atomic mass is 10.0. The summed E-state index contributed by atoms with van der Waals surface area (Å²) in [5, 5.41) is 8.27. The first-order valence-electron chi connectivity index (χ1n) is 9.34. The molecule has 1 atom stereocenters. The first-order chi connectivity index (χ1) is 14.7. The molecule has 4 aromatic rings. The van der Waals surface area contributed by atoms with Crippen LogP contribution < -0.4 is 15.4 Å². The second-order valence-corrected chi connectivity index (χ2v) is 7.43. The van der Waals surface area contributed by atoms with Gasteiger partial charge in [-0.25, -0.2) is 14.8 Å². The van der Waals surface area contributed by atoms with Gasteiger partial charge in [-0.15, -0.1) is 11.3 Å². The standard InChI is InChI=1S/C22H21N5O2S/c1-27-13-12-23-20(27)19(16-10-6-7-11-18(16)29-2)25-21(28)26-22-24-17(14-30-22)15-8-4-3-5-9-15/h3-14,19H,1-2H3,(H2,24,25,26,28). The number of nitrogens with zero attached hydrogens (tertiary/aromatic N) is 3. The second kappa shape index (κ2) is 8.79. The Labute approximate surface area is 178 Å². The number of aromatic nitrogens is 3. The van der Waals surface area contributed by atoms with Gasteiger partial charge in [0.25, 0.3) is 0 Å². The highest BCUT2D eigenvalue weighted by molar-refractivity contribution is 7.14. The summed E-state index contributed by atoms with van der Waals surface area (Å²) in [6, 6.07) is 16.5. The highest BCUT2D eigenvalue weighted by Crippen LogP contribution is 2.29. The van der Waals surface area contributed by atoms with Gasteiger partial charge in [0.05, 0.1) is 12.8 Å². The smallest absolute Gasteiger partial charge is 0.321 e. The Morgan fingerprint density at radius 2 is 1.90 bits per heavy atom. The summed E-state index contributed by atoms with van der Waals surface area (Å²) in [6.45, 7) is 0. The Kier molecular flexibility index (Phi) is 5.76. The summed E-state index contributed by atoms with van der Waals surface area (Å²) < 4.78 is 7.37. The molecule has 8 heteroatoms. The molecule has 0 fully saturated rings. The summed E-state index contributed by atoms with van der Waals surface area (Å²) in [4.78, 5) is 21.8. The number of thiazole rings is 1. The molecule has 152 valence electrons. The van der Waals surface area contributed by atoms with Gasteiger partial charge >= 0.3 is 6.03 Å². The van der Waals surface area contributed by atoms with Crippen LogP contribution in [0.25, 0.3) is 11.3 Å². The minimum Gasteiger partial charge on any atom is -0.496 e. The number of rotatable bonds is 6. The molecule has 0 aliphatic carbocycles. The van der Waals surface area contributed by atoms with Gasteiger partial charge in [0, 0.05) is 35.9 Å². The van der Waals surface area contributed by atoms with Crippen molar-refractivity contribution in [3.05, 3.63) is 83.8 Å². The molecular formula is C22H21N5O2S. The average molecular weight is 420 g/mol. The molecule has 2 amide bonds. The predicted octanol–water partition coefficient (Wildman–Crippen LogP) is 4.46. The number of para-hydroxylation sites is 1. The topological polar surface area (TPSA) is 81.1 Å². The van der Waals surface area contributed by atoms with Gasteiger partial charge < -0.3 is 14.6 Å². The van der Waals surface area contributed by atoms with Crippen molar-refractivity contribution in [3.63, 3.8) is 0 Å². The number of anilines is 1. The largest absolute Gasteiger partial charge is 0.496 e.